The fourth-order valence-electron chi connectivity index (χ4n) is 10.3. The van der Waals surface area contributed by atoms with Gasteiger partial charge in [0, 0.05) is 49.7 Å². The van der Waals surface area contributed by atoms with Gasteiger partial charge in [0.2, 0.25) is 0 Å². The van der Waals surface area contributed by atoms with Crippen LogP contribution in [0.4, 0.5) is 0 Å². The molecule has 12 rings (SSSR count). The minimum absolute atomic E-state index is 0.282. The first kappa shape index (κ1) is 39.2. The third kappa shape index (κ3) is 6.42. The van der Waals surface area contributed by atoms with Crippen molar-refractivity contribution in [2.24, 2.45) is 0 Å². The highest BCUT2D eigenvalue weighted by Gasteiger charge is 2.32. The summed E-state index contributed by atoms with van der Waals surface area (Å²) >= 11 is 0. The largest absolute Gasteiger partial charge is 0.309 e. The first-order valence-corrected chi connectivity index (χ1v) is 22.8. The van der Waals surface area contributed by atoms with Crippen molar-refractivity contribution < 1.29 is 0 Å². The molecule has 9 aromatic carbocycles. The van der Waals surface area contributed by atoms with Crippen molar-refractivity contribution in [2.75, 3.05) is 0 Å². The summed E-state index contributed by atoms with van der Waals surface area (Å²) in [5.74, 6) is 1.75. The quantitative estimate of drug-likeness (QED) is 0.145. The van der Waals surface area contributed by atoms with E-state index < -0.39 is 0 Å². The maximum Gasteiger partial charge on any atom is 0.163 e. The molecule has 5 heteroatoms. The Bertz CT molecular complexity index is 3640. The van der Waals surface area contributed by atoms with Crippen LogP contribution in [-0.2, 0) is 0 Å². The molecule has 5 nitrogen and oxygen atoms in total. The van der Waals surface area contributed by atoms with E-state index in [4.69, 9.17) is 15.0 Å². The highest BCUT2D eigenvalue weighted by Crippen LogP contribution is 2.50. The first-order valence-electron chi connectivity index (χ1n) is 22.8. The summed E-state index contributed by atoms with van der Waals surface area (Å²) in [6, 6.07) is 78.1. The molecule has 0 saturated heterocycles. The summed E-state index contributed by atoms with van der Waals surface area (Å²) < 4.78 is 5.03. The van der Waals surface area contributed by atoms with Crippen LogP contribution in [-0.4, -0.2) is 24.1 Å². The molecule has 0 radical (unpaired) electrons. The SMILES string of the molecule is CCC(c1nc(-c2ccccc2)nc(-c2ccccc2)n1)c1c(-c2ccccc2C)c(-n2c3ccccc3c3ccccc32)cc2c3ccccc3n(-c3ccccc3-c3ccccc3)c12. The van der Waals surface area contributed by atoms with Gasteiger partial charge in [-0.05, 0) is 65.9 Å². The van der Waals surface area contributed by atoms with E-state index in [1.807, 2.05) is 12.1 Å². The molecule has 3 aromatic heterocycles. The molecule has 0 bridgehead atoms. The number of hydrogen-bond acceptors (Lipinski definition) is 3. The molecule has 3 heterocycles. The fraction of sp³-hybridized carbons (Fsp3) is 0.0656. The number of aryl methyl sites for hydroxylation is 1. The van der Waals surface area contributed by atoms with E-state index in [0.717, 1.165) is 78.9 Å². The van der Waals surface area contributed by atoms with Gasteiger partial charge < -0.3 is 9.13 Å². The van der Waals surface area contributed by atoms with Crippen LogP contribution in [0.15, 0.2) is 218 Å². The third-order valence-electron chi connectivity index (χ3n) is 13.2. The van der Waals surface area contributed by atoms with E-state index in [1.165, 1.54) is 32.8 Å². The molecular formula is C61H45N5. The molecule has 0 amide bonds. The van der Waals surface area contributed by atoms with Crippen LogP contribution in [0.5, 0.6) is 0 Å². The van der Waals surface area contributed by atoms with Gasteiger partial charge >= 0.3 is 0 Å². The Morgan fingerprint density at radius 1 is 0.409 bits per heavy atom. The van der Waals surface area contributed by atoms with E-state index >= 15 is 0 Å². The average molecular weight is 848 g/mol. The van der Waals surface area contributed by atoms with E-state index in [0.29, 0.717) is 11.6 Å². The summed E-state index contributed by atoms with van der Waals surface area (Å²) in [5, 5.41) is 4.77. The van der Waals surface area contributed by atoms with E-state index in [9.17, 15) is 0 Å². The third-order valence-corrected chi connectivity index (χ3v) is 13.2. The van der Waals surface area contributed by atoms with Gasteiger partial charge in [0.1, 0.15) is 5.82 Å². The molecule has 314 valence electrons. The van der Waals surface area contributed by atoms with Gasteiger partial charge in [-0.2, -0.15) is 0 Å². The van der Waals surface area contributed by atoms with Gasteiger partial charge in [0.25, 0.3) is 0 Å². The molecule has 0 N–H and O–H groups in total. The standard InChI is InChI=1S/C61H45N5/c1-3-44(61-63-59(42-26-9-5-10-27-42)62-60(64-61)43-28-11-6-12-29-43)57-56(45-30-14-13-23-40(45)2)55(65-52-36-20-16-32-47(52)48-33-17-21-37-53(48)65)39-50-49-34-18-22-38-54(49)66(58(50)57)51-35-19-15-31-46(51)41-24-7-4-8-25-41/h4-39,44H,3H2,1-2H3. The Balaban J connectivity index is 1.31. The maximum atomic E-state index is 5.52. The maximum absolute atomic E-state index is 5.52. The molecule has 0 fully saturated rings. The number of benzene rings is 9. The Morgan fingerprint density at radius 2 is 0.864 bits per heavy atom. The minimum atomic E-state index is -0.282. The van der Waals surface area contributed by atoms with Crippen LogP contribution < -0.4 is 0 Å². The average Bonchev–Trinajstić information content (AvgIpc) is 3.90. The molecule has 1 atom stereocenters. The Hall–Kier alpha value is -8.41. The van der Waals surface area contributed by atoms with Gasteiger partial charge in [-0.25, -0.2) is 15.0 Å². The zero-order valence-corrected chi connectivity index (χ0v) is 36.8. The Kier molecular flexibility index (Phi) is 9.68. The van der Waals surface area contributed by atoms with Crippen molar-refractivity contribution in [1.82, 2.24) is 24.1 Å². The van der Waals surface area contributed by atoms with Gasteiger partial charge in [0.15, 0.2) is 11.6 Å². The summed E-state index contributed by atoms with van der Waals surface area (Å²) in [4.78, 5) is 16.2. The summed E-state index contributed by atoms with van der Waals surface area (Å²) in [7, 11) is 0. The van der Waals surface area contributed by atoms with Crippen LogP contribution in [0, 0.1) is 6.92 Å². The van der Waals surface area contributed by atoms with E-state index in [-0.39, 0.29) is 5.92 Å². The van der Waals surface area contributed by atoms with Crippen molar-refractivity contribution in [2.45, 2.75) is 26.2 Å². The van der Waals surface area contributed by atoms with Crippen molar-refractivity contribution in [3.63, 3.8) is 0 Å². The molecule has 0 aliphatic rings. The predicted molar refractivity (Wildman–Crippen MR) is 274 cm³/mol. The Morgan fingerprint density at radius 3 is 1.42 bits per heavy atom. The van der Waals surface area contributed by atoms with Gasteiger partial charge in [-0.3, -0.25) is 0 Å². The number of aromatic nitrogens is 5. The van der Waals surface area contributed by atoms with Crippen LogP contribution in [0.3, 0.4) is 0 Å². The topological polar surface area (TPSA) is 48.5 Å². The molecule has 66 heavy (non-hydrogen) atoms. The van der Waals surface area contributed by atoms with Crippen molar-refractivity contribution in [1.29, 1.82) is 0 Å². The van der Waals surface area contributed by atoms with E-state index in [1.54, 1.807) is 0 Å². The highest BCUT2D eigenvalue weighted by atomic mass is 15.1. The number of rotatable bonds is 9. The lowest BCUT2D eigenvalue weighted by Crippen LogP contribution is -2.14. The molecule has 12 aromatic rings. The fourth-order valence-corrected chi connectivity index (χ4v) is 10.3. The Labute approximate surface area is 384 Å². The second-order valence-electron chi connectivity index (χ2n) is 17.0. The minimum Gasteiger partial charge on any atom is -0.309 e. The molecule has 0 aliphatic heterocycles. The van der Waals surface area contributed by atoms with Crippen LogP contribution in [0.1, 0.15) is 36.2 Å². The summed E-state index contributed by atoms with van der Waals surface area (Å²) in [5.41, 5.74) is 15.7. The van der Waals surface area contributed by atoms with Crippen LogP contribution in [0.2, 0.25) is 0 Å². The van der Waals surface area contributed by atoms with Gasteiger partial charge in [-0.1, -0.05) is 195 Å². The second kappa shape index (κ2) is 16.3. The van der Waals surface area contributed by atoms with Crippen molar-refractivity contribution >= 4 is 43.6 Å². The van der Waals surface area contributed by atoms with Crippen molar-refractivity contribution in [3.8, 4) is 56.4 Å². The molecule has 0 spiro atoms. The lowest BCUT2D eigenvalue weighted by Gasteiger charge is -2.27. The van der Waals surface area contributed by atoms with Gasteiger partial charge in [-0.15, -0.1) is 0 Å². The number of hydrogen-bond donors (Lipinski definition) is 0. The smallest absolute Gasteiger partial charge is 0.163 e. The molecule has 0 saturated carbocycles. The van der Waals surface area contributed by atoms with Crippen LogP contribution >= 0.6 is 0 Å². The summed E-state index contributed by atoms with van der Waals surface area (Å²) in [6.45, 7) is 4.52. The number of nitrogens with zero attached hydrogens (tertiary/aromatic N) is 5. The van der Waals surface area contributed by atoms with Gasteiger partial charge in [0.05, 0.1) is 33.4 Å². The van der Waals surface area contributed by atoms with E-state index in [2.05, 4.69) is 229 Å². The first-order chi connectivity index (χ1) is 32.7. The number of fused-ring (bicyclic) bond motifs is 6. The monoisotopic (exact) mass is 847 g/mol. The zero-order chi connectivity index (χ0) is 44.1. The molecule has 0 aliphatic carbocycles. The second-order valence-corrected chi connectivity index (χ2v) is 17.0. The highest BCUT2D eigenvalue weighted by molar-refractivity contribution is 6.16. The normalized spacial score (nSPS) is 12.1. The molecular weight excluding hydrogens is 803 g/mol. The number of para-hydroxylation sites is 4. The lowest BCUT2D eigenvalue weighted by atomic mass is 9.83. The predicted octanol–water partition coefficient (Wildman–Crippen LogP) is 15.6. The van der Waals surface area contributed by atoms with Crippen LogP contribution in [0.25, 0.3) is 100 Å². The lowest BCUT2D eigenvalue weighted by molar-refractivity contribution is 0.715. The van der Waals surface area contributed by atoms with Crippen molar-refractivity contribution in [3.05, 3.63) is 235 Å². The zero-order valence-electron chi connectivity index (χ0n) is 36.8. The molecule has 1 unspecified atom stereocenters. The summed E-state index contributed by atoms with van der Waals surface area (Å²) in [6.07, 6.45) is 0.721.